The van der Waals surface area contributed by atoms with Crippen molar-refractivity contribution in [3.8, 4) is 11.3 Å². The molecule has 0 bridgehead atoms. The van der Waals surface area contributed by atoms with Gasteiger partial charge in [-0.3, -0.25) is 0 Å². The highest BCUT2D eigenvalue weighted by molar-refractivity contribution is 7.17. The molecule has 0 radical (unpaired) electrons. The first kappa shape index (κ1) is 10.9. The first-order chi connectivity index (χ1) is 8.75. The molecule has 4 heteroatoms. The van der Waals surface area contributed by atoms with Crippen LogP contribution in [0.2, 0.25) is 0 Å². The van der Waals surface area contributed by atoms with E-state index < -0.39 is 5.97 Å². The average Bonchev–Trinajstić information content (AvgIpc) is 2.85. The van der Waals surface area contributed by atoms with Gasteiger partial charge < -0.3 is 5.11 Å². The van der Waals surface area contributed by atoms with E-state index in [9.17, 15) is 9.90 Å². The summed E-state index contributed by atoms with van der Waals surface area (Å²) in [6, 6.07) is 13.0. The average molecular weight is 255 g/mol. The molecule has 2 aromatic heterocycles. The predicted molar refractivity (Wildman–Crippen MR) is 72.0 cm³/mol. The molecule has 0 amide bonds. The Balaban J connectivity index is 2.32. The number of thiophene rings is 1. The van der Waals surface area contributed by atoms with Crippen LogP contribution < -0.4 is 0 Å². The second-order valence-electron chi connectivity index (χ2n) is 3.86. The number of hydrogen-bond acceptors (Lipinski definition) is 3. The fourth-order valence-electron chi connectivity index (χ4n) is 1.87. The lowest BCUT2D eigenvalue weighted by atomic mass is 10.1. The summed E-state index contributed by atoms with van der Waals surface area (Å²) in [4.78, 5) is 15.8. The standard InChI is InChI=1S/C14H9NO2S/c16-14(17)10-8-12-11(6-7-18-12)15-13(10)9-4-2-1-3-5-9/h1-8H,(H,16,17). The van der Waals surface area contributed by atoms with Crippen LogP contribution in [0.25, 0.3) is 21.5 Å². The van der Waals surface area contributed by atoms with E-state index in [2.05, 4.69) is 4.98 Å². The highest BCUT2D eigenvalue weighted by atomic mass is 32.1. The van der Waals surface area contributed by atoms with Gasteiger partial charge in [0.05, 0.1) is 21.5 Å². The molecule has 0 saturated heterocycles. The quantitative estimate of drug-likeness (QED) is 0.760. The number of nitrogens with zero attached hydrogens (tertiary/aromatic N) is 1. The van der Waals surface area contributed by atoms with Crippen LogP contribution in [0.1, 0.15) is 10.4 Å². The van der Waals surface area contributed by atoms with Crippen molar-refractivity contribution in [3.05, 3.63) is 53.4 Å². The van der Waals surface area contributed by atoms with E-state index in [4.69, 9.17) is 0 Å². The van der Waals surface area contributed by atoms with E-state index >= 15 is 0 Å². The van der Waals surface area contributed by atoms with Crippen LogP contribution in [0, 0.1) is 0 Å². The highest BCUT2D eigenvalue weighted by Crippen LogP contribution is 2.28. The highest BCUT2D eigenvalue weighted by Gasteiger charge is 2.15. The number of carbonyl (C=O) groups is 1. The van der Waals surface area contributed by atoms with Gasteiger partial charge >= 0.3 is 5.97 Å². The SMILES string of the molecule is O=C(O)c1cc2sccc2nc1-c1ccccc1. The molecule has 1 N–H and O–H groups in total. The van der Waals surface area contributed by atoms with Crippen LogP contribution in [-0.4, -0.2) is 16.1 Å². The Hall–Kier alpha value is -2.20. The smallest absolute Gasteiger partial charge is 0.337 e. The molecule has 88 valence electrons. The van der Waals surface area contributed by atoms with Crippen molar-refractivity contribution >= 4 is 27.5 Å². The van der Waals surface area contributed by atoms with E-state index in [1.54, 1.807) is 6.07 Å². The first-order valence-electron chi connectivity index (χ1n) is 5.42. The molecule has 0 unspecified atom stereocenters. The van der Waals surface area contributed by atoms with Gasteiger partial charge in [-0.15, -0.1) is 11.3 Å². The van der Waals surface area contributed by atoms with Crippen LogP contribution in [0.5, 0.6) is 0 Å². The lowest BCUT2D eigenvalue weighted by Gasteiger charge is -2.05. The zero-order chi connectivity index (χ0) is 12.5. The second-order valence-corrected chi connectivity index (χ2v) is 4.81. The van der Waals surface area contributed by atoms with E-state index in [1.807, 2.05) is 41.8 Å². The fourth-order valence-corrected chi connectivity index (χ4v) is 2.64. The van der Waals surface area contributed by atoms with E-state index in [1.165, 1.54) is 11.3 Å². The summed E-state index contributed by atoms with van der Waals surface area (Å²) in [5.74, 6) is -0.948. The summed E-state index contributed by atoms with van der Waals surface area (Å²) in [6.45, 7) is 0. The third-order valence-corrected chi connectivity index (χ3v) is 3.57. The summed E-state index contributed by atoms with van der Waals surface area (Å²) >= 11 is 1.50. The molecule has 3 nitrogen and oxygen atoms in total. The van der Waals surface area contributed by atoms with Gasteiger partial charge in [-0.1, -0.05) is 30.3 Å². The summed E-state index contributed by atoms with van der Waals surface area (Å²) < 4.78 is 0.895. The maximum Gasteiger partial charge on any atom is 0.337 e. The predicted octanol–water partition coefficient (Wildman–Crippen LogP) is 3.66. The lowest BCUT2D eigenvalue weighted by molar-refractivity contribution is 0.0697. The molecule has 3 rings (SSSR count). The Bertz CT molecular complexity index is 719. The monoisotopic (exact) mass is 255 g/mol. The van der Waals surface area contributed by atoms with Gasteiger partial charge in [0.1, 0.15) is 0 Å². The van der Waals surface area contributed by atoms with Gasteiger partial charge in [0.15, 0.2) is 0 Å². The van der Waals surface area contributed by atoms with Crippen molar-refractivity contribution in [2.75, 3.05) is 0 Å². The number of aromatic carboxylic acids is 1. The Kier molecular flexibility index (Phi) is 2.57. The van der Waals surface area contributed by atoms with E-state index in [0.29, 0.717) is 5.69 Å². The molecule has 2 heterocycles. The van der Waals surface area contributed by atoms with Crippen molar-refractivity contribution in [2.24, 2.45) is 0 Å². The van der Waals surface area contributed by atoms with Gasteiger partial charge in [0, 0.05) is 5.56 Å². The molecule has 0 fully saturated rings. The van der Waals surface area contributed by atoms with Crippen molar-refractivity contribution in [1.29, 1.82) is 0 Å². The molecule has 0 saturated carbocycles. The summed E-state index contributed by atoms with van der Waals surface area (Å²) in [7, 11) is 0. The number of carboxylic acid groups (broad SMARTS) is 1. The number of aromatic nitrogens is 1. The van der Waals surface area contributed by atoms with E-state index in [-0.39, 0.29) is 5.56 Å². The first-order valence-corrected chi connectivity index (χ1v) is 6.30. The molecular formula is C14H9NO2S. The molecular weight excluding hydrogens is 246 g/mol. The molecule has 0 spiro atoms. The molecule has 18 heavy (non-hydrogen) atoms. The van der Waals surface area contributed by atoms with Gasteiger partial charge in [0.2, 0.25) is 0 Å². The number of fused-ring (bicyclic) bond motifs is 1. The van der Waals surface area contributed by atoms with Gasteiger partial charge in [-0.2, -0.15) is 0 Å². The second kappa shape index (κ2) is 4.23. The Morgan fingerprint density at radius 2 is 1.94 bits per heavy atom. The third-order valence-electron chi connectivity index (χ3n) is 2.71. The molecule has 0 aliphatic carbocycles. The molecule has 0 aliphatic rings. The Morgan fingerprint density at radius 3 is 2.67 bits per heavy atom. The van der Waals surface area contributed by atoms with Crippen LogP contribution in [0.3, 0.4) is 0 Å². The van der Waals surface area contributed by atoms with Crippen LogP contribution in [0.4, 0.5) is 0 Å². The van der Waals surface area contributed by atoms with Crippen LogP contribution in [0.15, 0.2) is 47.8 Å². The zero-order valence-corrected chi connectivity index (χ0v) is 10.1. The fraction of sp³-hybridized carbons (Fsp3) is 0. The van der Waals surface area contributed by atoms with Crippen molar-refractivity contribution in [1.82, 2.24) is 4.98 Å². The van der Waals surface area contributed by atoms with Crippen molar-refractivity contribution in [2.45, 2.75) is 0 Å². The number of benzene rings is 1. The Labute approximate surface area is 107 Å². The van der Waals surface area contributed by atoms with Gasteiger partial charge in [0.25, 0.3) is 0 Å². The normalized spacial score (nSPS) is 10.7. The minimum atomic E-state index is -0.948. The molecule has 3 aromatic rings. The molecule has 1 aromatic carbocycles. The van der Waals surface area contributed by atoms with Crippen molar-refractivity contribution < 1.29 is 9.90 Å². The Morgan fingerprint density at radius 1 is 1.17 bits per heavy atom. The van der Waals surface area contributed by atoms with Crippen LogP contribution in [-0.2, 0) is 0 Å². The maximum absolute atomic E-state index is 11.3. The van der Waals surface area contributed by atoms with Crippen molar-refractivity contribution in [3.63, 3.8) is 0 Å². The lowest BCUT2D eigenvalue weighted by Crippen LogP contribution is -2.01. The van der Waals surface area contributed by atoms with Gasteiger partial charge in [-0.05, 0) is 17.5 Å². The molecule has 0 atom stereocenters. The zero-order valence-electron chi connectivity index (χ0n) is 9.33. The van der Waals surface area contributed by atoms with Crippen LogP contribution >= 0.6 is 11.3 Å². The largest absolute Gasteiger partial charge is 0.478 e. The molecule has 0 aliphatic heterocycles. The maximum atomic E-state index is 11.3. The number of pyridine rings is 1. The number of rotatable bonds is 2. The minimum absolute atomic E-state index is 0.246. The van der Waals surface area contributed by atoms with E-state index in [0.717, 1.165) is 15.8 Å². The number of carboxylic acids is 1. The minimum Gasteiger partial charge on any atom is -0.478 e. The summed E-state index contributed by atoms with van der Waals surface area (Å²) in [6.07, 6.45) is 0. The third kappa shape index (κ3) is 1.76. The van der Waals surface area contributed by atoms with Gasteiger partial charge in [-0.25, -0.2) is 9.78 Å². The summed E-state index contributed by atoms with van der Waals surface area (Å²) in [5.41, 5.74) is 2.43. The summed E-state index contributed by atoms with van der Waals surface area (Å²) in [5, 5.41) is 11.2. The topological polar surface area (TPSA) is 50.2 Å². The number of hydrogen-bond donors (Lipinski definition) is 1.